The summed E-state index contributed by atoms with van der Waals surface area (Å²) < 4.78 is 18.9. The van der Waals surface area contributed by atoms with Gasteiger partial charge in [-0.2, -0.15) is 0 Å². The number of piperazine rings is 1. The van der Waals surface area contributed by atoms with E-state index in [1.54, 1.807) is 23.1 Å². The number of aliphatic hydroxyl groups excluding tert-OH is 1. The van der Waals surface area contributed by atoms with E-state index in [9.17, 15) is 14.3 Å². The lowest BCUT2D eigenvalue weighted by molar-refractivity contribution is -0.119. The number of likely N-dealkylation sites (N-methyl/N-ethyl adjacent to an activating group) is 1. The first-order valence-electron chi connectivity index (χ1n) is 12.9. The van der Waals surface area contributed by atoms with Gasteiger partial charge in [0, 0.05) is 64.1 Å². The number of fused-ring (bicyclic) bond motifs is 1. The van der Waals surface area contributed by atoms with Gasteiger partial charge >= 0.3 is 0 Å². The van der Waals surface area contributed by atoms with Gasteiger partial charge in [0.25, 0.3) is 0 Å². The summed E-state index contributed by atoms with van der Waals surface area (Å²) >= 11 is 0. The minimum Gasteiger partial charge on any atom is -0.508 e. The number of carbonyl (C=O) groups excluding carboxylic acids is 1. The highest BCUT2D eigenvalue weighted by atomic mass is 19.1. The van der Waals surface area contributed by atoms with E-state index in [1.165, 1.54) is 18.9 Å². The number of halogens is 1. The average Bonchev–Trinajstić information content (AvgIpc) is 3.39. The zero-order valence-corrected chi connectivity index (χ0v) is 21.7. The molecule has 0 aromatic heterocycles. The topological polar surface area (TPSA) is 68.6 Å². The lowest BCUT2D eigenvalue weighted by Gasteiger charge is -2.35. The molecular formula is C28H39FN4O3. The predicted molar refractivity (Wildman–Crippen MR) is 143 cm³/mol. The Labute approximate surface area is 214 Å². The summed E-state index contributed by atoms with van der Waals surface area (Å²) in [7, 11) is 1.92. The van der Waals surface area contributed by atoms with Crippen LogP contribution in [0, 0.1) is 5.82 Å². The second-order valence-corrected chi connectivity index (χ2v) is 8.80. The van der Waals surface area contributed by atoms with Crippen molar-refractivity contribution < 1.29 is 19.0 Å². The molecule has 196 valence electrons. The molecule has 8 heteroatoms. The Bertz CT molecular complexity index is 985. The number of hydrogen-bond donors (Lipinski definition) is 1. The highest BCUT2D eigenvalue weighted by molar-refractivity contribution is 5.88. The highest BCUT2D eigenvalue weighted by Crippen LogP contribution is 2.32. The molecule has 0 spiro atoms. The van der Waals surface area contributed by atoms with Crippen molar-refractivity contribution in [2.75, 3.05) is 51.3 Å². The number of hydrogen-bond acceptors (Lipinski definition) is 6. The second kappa shape index (κ2) is 13.8. The fourth-order valence-corrected chi connectivity index (χ4v) is 4.53. The van der Waals surface area contributed by atoms with E-state index in [-0.39, 0.29) is 11.6 Å². The Balaban J connectivity index is 0.000000452. The van der Waals surface area contributed by atoms with Crippen molar-refractivity contribution in [2.45, 2.75) is 45.7 Å². The SMILES string of the molecule is C1CCOC1.CC.CN1c2ccc(F)cc2CC(N2CCN(C=O)CC2)=NC1C1=CC=CCC=C1O. The van der Waals surface area contributed by atoms with Crippen LogP contribution in [0.3, 0.4) is 0 Å². The van der Waals surface area contributed by atoms with Crippen molar-refractivity contribution in [3.63, 3.8) is 0 Å². The molecule has 0 saturated carbocycles. The Hall–Kier alpha value is -3.13. The number of nitrogens with zero attached hydrogens (tertiary/aromatic N) is 4. The highest BCUT2D eigenvalue weighted by Gasteiger charge is 2.30. The number of carbonyl (C=O) groups is 1. The average molecular weight is 499 g/mol. The van der Waals surface area contributed by atoms with Crippen LogP contribution in [0.1, 0.15) is 38.7 Å². The predicted octanol–water partition coefficient (Wildman–Crippen LogP) is 4.47. The Morgan fingerprint density at radius 1 is 1.14 bits per heavy atom. The third kappa shape index (κ3) is 6.97. The van der Waals surface area contributed by atoms with Crippen molar-refractivity contribution in [3.05, 3.63) is 65.2 Å². The molecule has 1 aromatic rings. The molecule has 4 aliphatic rings. The Morgan fingerprint density at radius 3 is 2.50 bits per heavy atom. The number of anilines is 1. The maximum Gasteiger partial charge on any atom is 0.209 e. The van der Waals surface area contributed by atoms with Gasteiger partial charge < -0.3 is 24.5 Å². The monoisotopic (exact) mass is 498 g/mol. The number of benzene rings is 1. The number of ether oxygens (including phenoxy) is 1. The number of allylic oxidation sites excluding steroid dienone is 4. The maximum atomic E-state index is 14.0. The number of rotatable bonds is 2. The van der Waals surface area contributed by atoms with E-state index in [1.807, 2.05) is 44.0 Å². The van der Waals surface area contributed by atoms with Gasteiger partial charge in [-0.15, -0.1) is 0 Å². The molecule has 1 aliphatic carbocycles. The normalized spacial score (nSPS) is 21.4. The van der Waals surface area contributed by atoms with Gasteiger partial charge in [-0.05, 0) is 49.1 Å². The zero-order valence-electron chi connectivity index (χ0n) is 21.7. The van der Waals surface area contributed by atoms with Crippen LogP contribution in [0.15, 0.2) is 58.8 Å². The van der Waals surface area contributed by atoms with Crippen LogP contribution >= 0.6 is 0 Å². The van der Waals surface area contributed by atoms with Gasteiger partial charge in [-0.25, -0.2) is 9.38 Å². The molecule has 1 N–H and O–H groups in total. The number of amidine groups is 1. The molecule has 36 heavy (non-hydrogen) atoms. The van der Waals surface area contributed by atoms with Crippen molar-refractivity contribution >= 4 is 17.9 Å². The van der Waals surface area contributed by atoms with E-state index in [2.05, 4.69) is 4.90 Å². The van der Waals surface area contributed by atoms with E-state index in [4.69, 9.17) is 9.73 Å². The second-order valence-electron chi connectivity index (χ2n) is 8.80. The summed E-state index contributed by atoms with van der Waals surface area (Å²) in [6.45, 7) is 8.63. The van der Waals surface area contributed by atoms with Crippen molar-refractivity contribution in [1.82, 2.24) is 9.80 Å². The Kier molecular flexibility index (Phi) is 10.5. The van der Waals surface area contributed by atoms with Gasteiger partial charge in [-0.1, -0.05) is 32.1 Å². The fraction of sp³-hybridized carbons (Fsp3) is 0.500. The quantitative estimate of drug-likeness (QED) is 0.610. The van der Waals surface area contributed by atoms with Gasteiger partial charge in [0.1, 0.15) is 17.4 Å². The molecule has 0 radical (unpaired) electrons. The summed E-state index contributed by atoms with van der Waals surface area (Å²) in [4.78, 5) is 22.0. The summed E-state index contributed by atoms with van der Waals surface area (Å²) in [5.74, 6) is 0.782. The van der Waals surface area contributed by atoms with E-state index < -0.39 is 6.17 Å². The molecule has 7 nitrogen and oxygen atoms in total. The molecule has 1 aromatic carbocycles. The summed E-state index contributed by atoms with van der Waals surface area (Å²) in [5.41, 5.74) is 2.46. The fourth-order valence-electron chi connectivity index (χ4n) is 4.53. The minimum absolute atomic E-state index is 0.214. The summed E-state index contributed by atoms with van der Waals surface area (Å²) in [6.07, 6.45) is 11.7. The zero-order chi connectivity index (χ0) is 25.9. The lowest BCUT2D eigenvalue weighted by Crippen LogP contribution is -2.49. The molecule has 2 saturated heterocycles. The van der Waals surface area contributed by atoms with Gasteiger partial charge in [-0.3, -0.25) is 4.79 Å². The first-order chi connectivity index (χ1) is 17.6. The van der Waals surface area contributed by atoms with Crippen molar-refractivity contribution in [1.29, 1.82) is 0 Å². The van der Waals surface area contributed by atoms with E-state index >= 15 is 0 Å². The van der Waals surface area contributed by atoms with Crippen LogP contribution in [-0.4, -0.2) is 79.8 Å². The molecule has 1 atom stereocenters. The molecule has 5 rings (SSSR count). The van der Waals surface area contributed by atoms with Crippen LogP contribution in [0.5, 0.6) is 0 Å². The standard InChI is InChI=1S/C22H25FN4O2.C4H8O.C2H6/c1-25-19-8-7-17(23)13-16(19)14-21(27-11-9-26(15-28)10-12-27)24-22(25)18-5-3-2-4-6-20(18)29;1-2-4-5-3-1;1-2/h2-3,5-8,13,15,22,29H,4,9-12,14H2,1H3;1-4H2;1-2H3. The molecule has 3 heterocycles. The summed E-state index contributed by atoms with van der Waals surface area (Å²) in [5, 5.41) is 10.6. The largest absolute Gasteiger partial charge is 0.508 e. The van der Waals surface area contributed by atoms with Crippen LogP contribution in [0.4, 0.5) is 10.1 Å². The van der Waals surface area contributed by atoms with Crippen LogP contribution in [0.25, 0.3) is 0 Å². The third-order valence-corrected chi connectivity index (χ3v) is 6.50. The van der Waals surface area contributed by atoms with Gasteiger partial charge in [0.15, 0.2) is 6.17 Å². The molecule has 1 unspecified atom stereocenters. The van der Waals surface area contributed by atoms with Gasteiger partial charge in [0.05, 0.1) is 0 Å². The maximum absolute atomic E-state index is 14.0. The van der Waals surface area contributed by atoms with Gasteiger partial charge in [0.2, 0.25) is 6.41 Å². The number of amides is 1. The van der Waals surface area contributed by atoms with Crippen LogP contribution in [0.2, 0.25) is 0 Å². The van der Waals surface area contributed by atoms with E-state index in [0.717, 1.165) is 36.7 Å². The molecule has 0 bridgehead atoms. The molecule has 3 aliphatic heterocycles. The molecule has 1 amide bonds. The smallest absolute Gasteiger partial charge is 0.209 e. The van der Waals surface area contributed by atoms with Crippen molar-refractivity contribution in [2.24, 2.45) is 4.99 Å². The first-order valence-corrected chi connectivity index (χ1v) is 12.9. The third-order valence-electron chi connectivity index (χ3n) is 6.50. The van der Waals surface area contributed by atoms with Crippen LogP contribution in [-0.2, 0) is 16.0 Å². The summed E-state index contributed by atoms with van der Waals surface area (Å²) in [6, 6.07) is 4.79. The van der Waals surface area contributed by atoms with Crippen LogP contribution < -0.4 is 4.90 Å². The van der Waals surface area contributed by atoms with E-state index in [0.29, 0.717) is 44.6 Å². The van der Waals surface area contributed by atoms with Crippen molar-refractivity contribution in [3.8, 4) is 0 Å². The first kappa shape index (κ1) is 27.5. The lowest BCUT2D eigenvalue weighted by atomic mass is 10.1. The number of aliphatic imine (C=N–C) groups is 1. The minimum atomic E-state index is -0.431. The molecular weight excluding hydrogens is 459 g/mol. The Morgan fingerprint density at radius 2 is 1.86 bits per heavy atom. The molecule has 2 fully saturated rings. The number of aliphatic hydroxyl groups is 1.